The van der Waals surface area contributed by atoms with E-state index in [-0.39, 0.29) is 29.2 Å². The first kappa shape index (κ1) is 21.0. The normalized spacial score (nSPS) is 18.3. The SMILES string of the molecule is CC1CCN(S(=O)(=O)c2ccc(C(=O)N(Cc3ccccc3F)C3CC3)cc2)CC1. The maximum Gasteiger partial charge on any atom is 0.254 e. The van der Waals surface area contributed by atoms with Crippen molar-refractivity contribution in [1.29, 1.82) is 0 Å². The number of benzene rings is 2. The first-order valence-corrected chi connectivity index (χ1v) is 11.9. The molecule has 1 aliphatic carbocycles. The highest BCUT2D eigenvalue weighted by atomic mass is 32.2. The Balaban J connectivity index is 1.51. The molecule has 0 N–H and O–H groups in total. The lowest BCUT2D eigenvalue weighted by Crippen LogP contribution is -2.38. The van der Waals surface area contributed by atoms with E-state index in [1.807, 2.05) is 0 Å². The van der Waals surface area contributed by atoms with Crippen molar-refractivity contribution in [1.82, 2.24) is 9.21 Å². The number of piperidine rings is 1. The molecule has 2 aromatic rings. The molecular formula is C23H27FN2O3S. The van der Waals surface area contributed by atoms with Crippen LogP contribution >= 0.6 is 0 Å². The summed E-state index contributed by atoms with van der Waals surface area (Å²) in [7, 11) is -3.55. The molecule has 2 aliphatic rings. The van der Waals surface area contributed by atoms with Crippen LogP contribution in [0, 0.1) is 11.7 Å². The van der Waals surface area contributed by atoms with E-state index in [9.17, 15) is 17.6 Å². The van der Waals surface area contributed by atoms with Crippen LogP contribution in [-0.2, 0) is 16.6 Å². The van der Waals surface area contributed by atoms with Gasteiger partial charge in [0.25, 0.3) is 5.91 Å². The summed E-state index contributed by atoms with van der Waals surface area (Å²) < 4.78 is 41.4. The van der Waals surface area contributed by atoms with Crippen LogP contribution in [0.2, 0.25) is 0 Å². The third kappa shape index (κ3) is 4.42. The van der Waals surface area contributed by atoms with Crippen molar-refractivity contribution in [2.24, 2.45) is 5.92 Å². The van der Waals surface area contributed by atoms with Gasteiger partial charge in [0.05, 0.1) is 4.90 Å². The van der Waals surface area contributed by atoms with Gasteiger partial charge in [-0.1, -0.05) is 25.1 Å². The Labute approximate surface area is 177 Å². The summed E-state index contributed by atoms with van der Waals surface area (Å²) in [5, 5.41) is 0. The van der Waals surface area contributed by atoms with Gasteiger partial charge in [-0.05, 0) is 61.9 Å². The number of nitrogens with zero attached hydrogens (tertiary/aromatic N) is 2. The average molecular weight is 431 g/mol. The summed E-state index contributed by atoms with van der Waals surface area (Å²) in [5.74, 6) is 0.0176. The third-order valence-corrected chi connectivity index (χ3v) is 7.94. The van der Waals surface area contributed by atoms with Gasteiger partial charge in [0.2, 0.25) is 10.0 Å². The molecule has 0 unspecified atom stereocenters. The highest BCUT2D eigenvalue weighted by Gasteiger charge is 2.34. The highest BCUT2D eigenvalue weighted by molar-refractivity contribution is 7.89. The number of carbonyl (C=O) groups excluding carboxylic acids is 1. The number of sulfonamides is 1. The monoisotopic (exact) mass is 430 g/mol. The van der Waals surface area contributed by atoms with Gasteiger partial charge < -0.3 is 4.90 Å². The summed E-state index contributed by atoms with van der Waals surface area (Å²) in [6.07, 6.45) is 3.53. The minimum atomic E-state index is -3.55. The molecule has 2 fully saturated rings. The van der Waals surface area contributed by atoms with Crippen LogP contribution in [0.1, 0.15) is 48.5 Å². The molecule has 0 aromatic heterocycles. The summed E-state index contributed by atoms with van der Waals surface area (Å²) >= 11 is 0. The lowest BCUT2D eigenvalue weighted by atomic mass is 10.0. The predicted octanol–water partition coefficient (Wildman–Crippen LogP) is 4.05. The number of hydrogen-bond acceptors (Lipinski definition) is 3. The molecule has 0 radical (unpaired) electrons. The molecule has 7 heteroatoms. The fourth-order valence-electron chi connectivity index (χ4n) is 3.87. The lowest BCUT2D eigenvalue weighted by Gasteiger charge is -2.29. The maximum atomic E-state index is 14.1. The molecule has 1 saturated heterocycles. The van der Waals surface area contributed by atoms with E-state index in [1.54, 1.807) is 35.2 Å². The molecule has 4 rings (SSSR count). The first-order chi connectivity index (χ1) is 14.4. The van der Waals surface area contributed by atoms with E-state index in [1.165, 1.54) is 22.5 Å². The Bertz CT molecular complexity index is 1010. The predicted molar refractivity (Wildman–Crippen MR) is 113 cm³/mol. The van der Waals surface area contributed by atoms with Crippen LogP contribution in [0.25, 0.3) is 0 Å². The molecular weight excluding hydrogens is 403 g/mol. The highest BCUT2D eigenvalue weighted by Crippen LogP contribution is 2.31. The molecule has 0 bridgehead atoms. The number of amides is 1. The van der Waals surface area contributed by atoms with Crippen LogP contribution < -0.4 is 0 Å². The van der Waals surface area contributed by atoms with Gasteiger partial charge in [0.15, 0.2) is 0 Å². The van der Waals surface area contributed by atoms with Crippen molar-refractivity contribution in [3.8, 4) is 0 Å². The summed E-state index contributed by atoms with van der Waals surface area (Å²) in [6.45, 7) is 3.41. The van der Waals surface area contributed by atoms with Gasteiger partial charge in [0.1, 0.15) is 5.82 Å². The Morgan fingerprint density at radius 3 is 2.27 bits per heavy atom. The molecule has 5 nitrogen and oxygen atoms in total. The second kappa shape index (κ2) is 8.47. The summed E-state index contributed by atoms with van der Waals surface area (Å²) in [4.78, 5) is 15.0. The van der Waals surface area contributed by atoms with Crippen molar-refractivity contribution in [3.63, 3.8) is 0 Å². The molecule has 1 heterocycles. The zero-order valence-electron chi connectivity index (χ0n) is 17.1. The van der Waals surface area contributed by atoms with Crippen molar-refractivity contribution < 1.29 is 17.6 Å². The quantitative estimate of drug-likeness (QED) is 0.695. The molecule has 1 aliphatic heterocycles. The minimum Gasteiger partial charge on any atom is -0.331 e. The Morgan fingerprint density at radius 2 is 1.67 bits per heavy atom. The number of rotatable bonds is 6. The molecule has 2 aromatic carbocycles. The van der Waals surface area contributed by atoms with Crippen molar-refractivity contribution in [2.75, 3.05) is 13.1 Å². The summed E-state index contributed by atoms with van der Waals surface area (Å²) in [6, 6.07) is 12.7. The van der Waals surface area contributed by atoms with Gasteiger partial charge in [-0.2, -0.15) is 4.31 Å². The zero-order valence-corrected chi connectivity index (χ0v) is 17.9. The standard InChI is InChI=1S/C23H27FN2O3S/c1-17-12-14-25(15-13-17)30(28,29)21-10-6-18(7-11-21)23(27)26(20-8-9-20)16-19-4-2-3-5-22(19)24/h2-7,10-11,17,20H,8-9,12-16H2,1H3. The summed E-state index contributed by atoms with van der Waals surface area (Å²) in [5.41, 5.74) is 0.903. The van der Waals surface area contributed by atoms with E-state index < -0.39 is 10.0 Å². The lowest BCUT2D eigenvalue weighted by molar-refractivity contribution is 0.0728. The van der Waals surface area contributed by atoms with Gasteiger partial charge in [-0.25, -0.2) is 12.8 Å². The number of halogens is 1. The smallest absolute Gasteiger partial charge is 0.254 e. The van der Waals surface area contributed by atoms with E-state index in [2.05, 4.69) is 6.92 Å². The Kier molecular flexibility index (Phi) is 5.93. The Hall–Kier alpha value is -2.25. The van der Waals surface area contributed by atoms with E-state index >= 15 is 0 Å². The van der Waals surface area contributed by atoms with E-state index in [0.29, 0.717) is 30.1 Å². The fraction of sp³-hybridized carbons (Fsp3) is 0.435. The zero-order chi connectivity index (χ0) is 21.3. The van der Waals surface area contributed by atoms with Gasteiger partial charge >= 0.3 is 0 Å². The fourth-order valence-corrected chi connectivity index (χ4v) is 5.34. The largest absolute Gasteiger partial charge is 0.331 e. The second-order valence-electron chi connectivity index (χ2n) is 8.37. The van der Waals surface area contributed by atoms with Crippen LogP contribution in [0.3, 0.4) is 0 Å². The average Bonchev–Trinajstić information content (AvgIpc) is 3.58. The molecule has 0 spiro atoms. The van der Waals surface area contributed by atoms with Crippen LogP contribution in [-0.4, -0.2) is 42.7 Å². The van der Waals surface area contributed by atoms with Crippen molar-refractivity contribution >= 4 is 15.9 Å². The number of hydrogen-bond donors (Lipinski definition) is 0. The van der Waals surface area contributed by atoms with E-state index in [0.717, 1.165) is 25.7 Å². The minimum absolute atomic E-state index is 0.107. The molecule has 0 atom stereocenters. The van der Waals surface area contributed by atoms with E-state index in [4.69, 9.17) is 0 Å². The third-order valence-electron chi connectivity index (χ3n) is 6.03. The molecule has 1 saturated carbocycles. The molecule has 30 heavy (non-hydrogen) atoms. The molecule has 1 amide bonds. The maximum absolute atomic E-state index is 14.1. The topological polar surface area (TPSA) is 57.7 Å². The number of carbonyl (C=O) groups is 1. The molecule has 160 valence electrons. The van der Waals surface area contributed by atoms with Crippen LogP contribution in [0.15, 0.2) is 53.4 Å². The first-order valence-electron chi connectivity index (χ1n) is 10.5. The Morgan fingerprint density at radius 1 is 1.03 bits per heavy atom. The van der Waals surface area contributed by atoms with Gasteiger partial charge in [-0.3, -0.25) is 4.79 Å². The van der Waals surface area contributed by atoms with Gasteiger partial charge in [-0.15, -0.1) is 0 Å². The van der Waals surface area contributed by atoms with Crippen molar-refractivity contribution in [2.45, 2.75) is 50.1 Å². The van der Waals surface area contributed by atoms with Gasteiger partial charge in [0, 0.05) is 36.8 Å². The van der Waals surface area contributed by atoms with Crippen molar-refractivity contribution in [3.05, 3.63) is 65.5 Å². The van der Waals surface area contributed by atoms with Crippen LogP contribution in [0.5, 0.6) is 0 Å². The van der Waals surface area contributed by atoms with Crippen LogP contribution in [0.4, 0.5) is 4.39 Å². The second-order valence-corrected chi connectivity index (χ2v) is 10.3.